The topological polar surface area (TPSA) is 79.2 Å². The van der Waals surface area contributed by atoms with E-state index in [1.165, 1.54) is 12.8 Å². The molecule has 7 rings (SSSR count). The second-order valence-electron chi connectivity index (χ2n) is 10.7. The molecule has 3 aliphatic carbocycles. The number of ether oxygens (including phenoxy) is 2. The van der Waals surface area contributed by atoms with E-state index in [1.54, 1.807) is 13.2 Å². The summed E-state index contributed by atoms with van der Waals surface area (Å²) in [5.74, 6) is 1.73. The van der Waals surface area contributed by atoms with Crippen LogP contribution in [0.1, 0.15) is 42.4 Å². The van der Waals surface area contributed by atoms with E-state index in [1.807, 2.05) is 36.4 Å². The molecule has 2 aliphatic heterocycles. The van der Waals surface area contributed by atoms with Crippen LogP contribution in [0.25, 0.3) is 6.08 Å². The molecule has 2 saturated carbocycles. The number of benzene rings is 2. The predicted molar refractivity (Wildman–Crippen MR) is 126 cm³/mol. The second-order valence-corrected chi connectivity index (χ2v) is 10.7. The van der Waals surface area contributed by atoms with E-state index in [0.717, 1.165) is 29.8 Å². The highest BCUT2D eigenvalue weighted by Crippen LogP contribution is 2.65. The van der Waals surface area contributed by atoms with Gasteiger partial charge < -0.3 is 19.7 Å². The average Bonchev–Trinajstić information content (AvgIpc) is 3.57. The lowest BCUT2D eigenvalue weighted by Crippen LogP contribution is -2.77. The van der Waals surface area contributed by atoms with Crippen LogP contribution >= 0.6 is 0 Å². The van der Waals surface area contributed by atoms with Gasteiger partial charge in [0.1, 0.15) is 5.75 Å². The first-order chi connectivity index (χ1) is 16.5. The highest BCUT2D eigenvalue weighted by Gasteiger charge is 2.74. The zero-order valence-corrected chi connectivity index (χ0v) is 19.3. The van der Waals surface area contributed by atoms with Crippen molar-refractivity contribution in [3.63, 3.8) is 0 Å². The fourth-order valence-corrected chi connectivity index (χ4v) is 7.28. The van der Waals surface area contributed by atoms with Gasteiger partial charge in [-0.2, -0.15) is 0 Å². The van der Waals surface area contributed by atoms with Gasteiger partial charge in [0.05, 0.1) is 18.1 Å². The number of nitrogens with zero attached hydrogens (tertiary/aromatic N) is 1. The molecule has 2 N–H and O–H groups in total. The summed E-state index contributed by atoms with van der Waals surface area (Å²) in [7, 11) is 1.62. The molecule has 2 bridgehead atoms. The molecule has 0 amide bonds. The number of Topliss-reactive ketones (excluding diaryl/α,β-unsaturated/α-hetero) is 1. The van der Waals surface area contributed by atoms with E-state index in [0.29, 0.717) is 35.8 Å². The maximum Gasteiger partial charge on any atom is 0.200 e. The first-order valence-electron chi connectivity index (χ1n) is 12.3. The Morgan fingerprint density at radius 3 is 2.85 bits per heavy atom. The summed E-state index contributed by atoms with van der Waals surface area (Å²) in [4.78, 5) is 16.4. The van der Waals surface area contributed by atoms with Gasteiger partial charge in [-0.25, -0.2) is 0 Å². The largest absolute Gasteiger partial charge is 0.504 e. The number of carbonyl (C=O) groups excluding carboxylic acids is 1. The lowest BCUT2D eigenvalue weighted by Gasteiger charge is -2.62. The fraction of sp³-hybridized carbons (Fsp3) is 0.464. The molecule has 3 fully saturated rings. The maximum atomic E-state index is 13.9. The Kier molecular flexibility index (Phi) is 4.14. The number of phenolic OH excluding ortho intramolecular Hbond substituents is 1. The highest BCUT2D eigenvalue weighted by atomic mass is 16.5. The molecule has 2 aromatic carbocycles. The van der Waals surface area contributed by atoms with Gasteiger partial charge in [0, 0.05) is 35.7 Å². The maximum absolute atomic E-state index is 13.9. The zero-order valence-electron chi connectivity index (χ0n) is 19.3. The number of rotatable bonds is 4. The van der Waals surface area contributed by atoms with Crippen LogP contribution in [0.5, 0.6) is 17.2 Å². The summed E-state index contributed by atoms with van der Waals surface area (Å²) >= 11 is 0. The number of para-hydroxylation sites is 1. The number of hydrogen-bond donors (Lipinski definition) is 2. The summed E-state index contributed by atoms with van der Waals surface area (Å²) in [6.45, 7) is 1.82. The Morgan fingerprint density at radius 2 is 2.06 bits per heavy atom. The van der Waals surface area contributed by atoms with Crippen LogP contribution in [0.2, 0.25) is 0 Å². The molecule has 6 nitrogen and oxygen atoms in total. The molecule has 6 heteroatoms. The van der Waals surface area contributed by atoms with Crippen LogP contribution in [-0.4, -0.2) is 58.8 Å². The number of aliphatic hydroxyl groups is 1. The zero-order chi connectivity index (χ0) is 23.2. The Morgan fingerprint density at radius 1 is 1.24 bits per heavy atom. The quantitative estimate of drug-likeness (QED) is 0.684. The number of methoxy groups -OCH3 is 1. The van der Waals surface area contributed by atoms with Crippen molar-refractivity contribution in [3.8, 4) is 17.2 Å². The molecule has 2 aromatic rings. The molecular formula is C28H29NO5. The van der Waals surface area contributed by atoms with Crippen molar-refractivity contribution >= 4 is 11.9 Å². The van der Waals surface area contributed by atoms with E-state index in [2.05, 4.69) is 4.90 Å². The second kappa shape index (κ2) is 6.86. The minimum absolute atomic E-state index is 0.0480. The molecule has 4 atom stereocenters. The van der Waals surface area contributed by atoms with Gasteiger partial charge in [-0.3, -0.25) is 9.69 Å². The van der Waals surface area contributed by atoms with Gasteiger partial charge in [-0.1, -0.05) is 24.3 Å². The van der Waals surface area contributed by atoms with Crippen molar-refractivity contribution in [2.75, 3.05) is 20.2 Å². The molecule has 0 aromatic heterocycles. The summed E-state index contributed by atoms with van der Waals surface area (Å²) in [5, 5.41) is 23.3. The SMILES string of the molecule is COc1ccccc1/C=C1\C[C@@]2(O)[C@H]3Cc4ccc(O)c5c4[C@@]2(CCN3CC2CC2)[C@@H](O5)C1=O. The van der Waals surface area contributed by atoms with Crippen LogP contribution in [0.15, 0.2) is 42.0 Å². The third-order valence-corrected chi connectivity index (χ3v) is 9.00. The summed E-state index contributed by atoms with van der Waals surface area (Å²) in [6.07, 6.45) is 5.14. The van der Waals surface area contributed by atoms with Crippen LogP contribution < -0.4 is 9.47 Å². The normalized spacial score (nSPS) is 34.6. The van der Waals surface area contributed by atoms with Crippen molar-refractivity contribution in [2.45, 2.75) is 55.3 Å². The lowest BCUT2D eigenvalue weighted by molar-refractivity contribution is -0.179. The Hall–Kier alpha value is -2.83. The number of ketones is 1. The van der Waals surface area contributed by atoms with Crippen LogP contribution in [0.3, 0.4) is 0 Å². The van der Waals surface area contributed by atoms with Gasteiger partial charge in [0.25, 0.3) is 0 Å². The third kappa shape index (κ3) is 2.50. The fourth-order valence-electron chi connectivity index (χ4n) is 7.28. The summed E-state index contributed by atoms with van der Waals surface area (Å²) in [5.41, 5.74) is 1.35. The molecule has 1 saturated heterocycles. The molecule has 0 unspecified atom stereocenters. The standard InChI is InChI=1S/C28H29NO5/c1-33-21-5-3-2-4-17(21)12-19-14-28(32)22-13-18-8-9-20(30)25-23(18)27(28,26(34-25)24(19)31)10-11-29(22)15-16-6-7-16/h2-5,8-9,12,16,22,26,30,32H,6-7,10-11,13-15H2,1H3/b19-12+/t22-,26+,27+,28-/m1/s1. The van der Waals surface area contributed by atoms with Crippen molar-refractivity contribution in [1.29, 1.82) is 0 Å². The highest BCUT2D eigenvalue weighted by molar-refractivity contribution is 6.06. The van der Waals surface area contributed by atoms with E-state index < -0.39 is 17.1 Å². The Labute approximate surface area is 198 Å². The third-order valence-electron chi connectivity index (χ3n) is 9.00. The predicted octanol–water partition coefficient (Wildman–Crippen LogP) is 3.23. The summed E-state index contributed by atoms with van der Waals surface area (Å²) in [6, 6.07) is 11.1. The molecule has 176 valence electrons. The number of hydrogen-bond acceptors (Lipinski definition) is 6. The number of aromatic hydroxyl groups is 1. The van der Waals surface area contributed by atoms with Gasteiger partial charge in [0.15, 0.2) is 23.4 Å². The van der Waals surface area contributed by atoms with Crippen molar-refractivity contribution < 1.29 is 24.5 Å². The number of likely N-dealkylation sites (tertiary alicyclic amines) is 1. The van der Waals surface area contributed by atoms with Crippen molar-refractivity contribution in [2.24, 2.45) is 5.92 Å². The number of carbonyl (C=O) groups is 1. The first-order valence-corrected chi connectivity index (χ1v) is 12.3. The number of piperidine rings is 1. The van der Waals surface area contributed by atoms with Crippen LogP contribution in [0.4, 0.5) is 0 Å². The van der Waals surface area contributed by atoms with Gasteiger partial charge >= 0.3 is 0 Å². The first kappa shape index (κ1) is 20.5. The van der Waals surface area contributed by atoms with Crippen LogP contribution in [-0.2, 0) is 16.6 Å². The molecule has 2 heterocycles. The minimum atomic E-state index is -1.15. The van der Waals surface area contributed by atoms with E-state index in [9.17, 15) is 15.0 Å². The molecular weight excluding hydrogens is 430 g/mol. The molecule has 5 aliphatic rings. The smallest absolute Gasteiger partial charge is 0.200 e. The van der Waals surface area contributed by atoms with Gasteiger partial charge in [-0.15, -0.1) is 0 Å². The Balaban J connectivity index is 1.41. The molecule has 1 spiro atoms. The minimum Gasteiger partial charge on any atom is -0.504 e. The average molecular weight is 460 g/mol. The van der Waals surface area contributed by atoms with E-state index >= 15 is 0 Å². The van der Waals surface area contributed by atoms with E-state index in [4.69, 9.17) is 9.47 Å². The van der Waals surface area contributed by atoms with Crippen LogP contribution in [0, 0.1) is 5.92 Å². The number of phenols is 1. The van der Waals surface area contributed by atoms with Gasteiger partial charge in [-0.05, 0) is 61.9 Å². The molecule has 0 radical (unpaired) electrons. The monoisotopic (exact) mass is 459 g/mol. The van der Waals surface area contributed by atoms with E-state index in [-0.39, 0.29) is 24.0 Å². The van der Waals surface area contributed by atoms with Gasteiger partial charge in [0.2, 0.25) is 0 Å². The Bertz CT molecular complexity index is 1250. The summed E-state index contributed by atoms with van der Waals surface area (Å²) < 4.78 is 11.8. The van der Waals surface area contributed by atoms with Crippen molar-refractivity contribution in [1.82, 2.24) is 4.90 Å². The molecule has 34 heavy (non-hydrogen) atoms. The van der Waals surface area contributed by atoms with Crippen molar-refractivity contribution in [3.05, 3.63) is 58.7 Å². The lowest BCUT2D eigenvalue weighted by atomic mass is 9.48.